The van der Waals surface area contributed by atoms with Crippen molar-refractivity contribution in [2.75, 3.05) is 32.7 Å². The molecule has 2 fully saturated rings. The molecule has 1 saturated heterocycles. The van der Waals surface area contributed by atoms with Crippen LogP contribution in [0.15, 0.2) is 4.99 Å². The molecule has 0 aromatic heterocycles. The zero-order chi connectivity index (χ0) is 16.7. The van der Waals surface area contributed by atoms with Crippen LogP contribution in [0.3, 0.4) is 0 Å². The zero-order valence-corrected chi connectivity index (χ0v) is 16.7. The van der Waals surface area contributed by atoms with Crippen molar-refractivity contribution in [2.45, 2.75) is 57.6 Å². The van der Waals surface area contributed by atoms with Crippen molar-refractivity contribution in [2.24, 2.45) is 10.9 Å². The molecular weight excluding hydrogens is 429 g/mol. The fourth-order valence-electron chi connectivity index (χ4n) is 3.41. The number of aliphatic hydroxyl groups excluding tert-OH is 1. The van der Waals surface area contributed by atoms with Gasteiger partial charge in [-0.25, -0.2) is 8.78 Å². The average molecular weight is 460 g/mol. The van der Waals surface area contributed by atoms with E-state index in [1.165, 1.54) is 0 Å². The van der Waals surface area contributed by atoms with E-state index in [-0.39, 0.29) is 48.6 Å². The minimum atomic E-state index is -2.25. The van der Waals surface area contributed by atoms with Gasteiger partial charge in [0.25, 0.3) is 6.43 Å². The van der Waals surface area contributed by atoms with Gasteiger partial charge in [0.15, 0.2) is 5.96 Å². The Balaban J connectivity index is 0.00000288. The summed E-state index contributed by atoms with van der Waals surface area (Å²) in [4.78, 5) is 6.43. The molecular formula is C16H31F2IN4O. The van der Waals surface area contributed by atoms with E-state index in [1.807, 2.05) is 11.8 Å². The summed E-state index contributed by atoms with van der Waals surface area (Å²) in [6, 6.07) is 0.273. The standard InChI is InChI=1S/C16H30F2N4O.HI/c1-2-19-16(20-10-12-4-3-5-14(12)23)21-13-6-8-22(9-7-13)11-15(17)18;/h12-15,23H,2-11H2,1H3,(H2,19,20,21);1H. The van der Waals surface area contributed by atoms with E-state index in [0.717, 1.165) is 44.6 Å². The monoisotopic (exact) mass is 460 g/mol. The number of halogens is 3. The molecule has 0 radical (unpaired) electrons. The van der Waals surface area contributed by atoms with Crippen molar-refractivity contribution < 1.29 is 13.9 Å². The maximum Gasteiger partial charge on any atom is 0.251 e. The molecule has 24 heavy (non-hydrogen) atoms. The van der Waals surface area contributed by atoms with Crippen LogP contribution in [-0.2, 0) is 0 Å². The van der Waals surface area contributed by atoms with Crippen LogP contribution in [0.5, 0.6) is 0 Å². The van der Waals surface area contributed by atoms with Crippen molar-refractivity contribution in [3.8, 4) is 0 Å². The molecule has 2 rings (SSSR count). The molecule has 2 aliphatic rings. The Morgan fingerprint density at radius 3 is 2.50 bits per heavy atom. The van der Waals surface area contributed by atoms with E-state index >= 15 is 0 Å². The maximum atomic E-state index is 12.4. The van der Waals surface area contributed by atoms with Gasteiger partial charge in [0.05, 0.1) is 12.6 Å². The number of piperidine rings is 1. The molecule has 1 aliphatic carbocycles. The summed E-state index contributed by atoms with van der Waals surface area (Å²) in [6.07, 6.45) is 2.22. The number of nitrogens with zero attached hydrogens (tertiary/aromatic N) is 2. The zero-order valence-electron chi connectivity index (χ0n) is 14.4. The van der Waals surface area contributed by atoms with Crippen molar-refractivity contribution in [3.63, 3.8) is 0 Å². The Labute approximate surface area is 160 Å². The number of rotatable bonds is 6. The van der Waals surface area contributed by atoms with Crippen molar-refractivity contribution in [1.29, 1.82) is 0 Å². The summed E-state index contributed by atoms with van der Waals surface area (Å²) < 4.78 is 24.8. The minimum absolute atomic E-state index is 0. The molecule has 0 aromatic carbocycles. The highest BCUT2D eigenvalue weighted by Gasteiger charge is 2.25. The summed E-state index contributed by atoms with van der Waals surface area (Å²) in [7, 11) is 0. The lowest BCUT2D eigenvalue weighted by atomic mass is 10.1. The van der Waals surface area contributed by atoms with Crippen LogP contribution in [0.25, 0.3) is 0 Å². The number of aliphatic hydroxyl groups is 1. The largest absolute Gasteiger partial charge is 0.393 e. The Kier molecular flexibility index (Phi) is 10.4. The number of guanidine groups is 1. The van der Waals surface area contributed by atoms with Crippen molar-refractivity contribution >= 4 is 29.9 Å². The fraction of sp³-hybridized carbons (Fsp3) is 0.938. The number of hydrogen-bond donors (Lipinski definition) is 3. The van der Waals surface area contributed by atoms with Gasteiger partial charge in [-0.2, -0.15) is 0 Å². The molecule has 2 atom stereocenters. The first-order chi connectivity index (χ1) is 11.1. The summed E-state index contributed by atoms with van der Waals surface area (Å²) >= 11 is 0. The summed E-state index contributed by atoms with van der Waals surface area (Å²) in [5, 5.41) is 16.5. The Bertz CT molecular complexity index is 379. The molecule has 142 valence electrons. The van der Waals surface area contributed by atoms with E-state index in [2.05, 4.69) is 15.6 Å². The number of alkyl halides is 2. The number of likely N-dealkylation sites (tertiary alicyclic amines) is 1. The minimum Gasteiger partial charge on any atom is -0.393 e. The van der Waals surface area contributed by atoms with Crippen LogP contribution in [0, 0.1) is 5.92 Å². The number of hydrogen-bond acceptors (Lipinski definition) is 3. The van der Waals surface area contributed by atoms with Crippen LogP contribution in [0.4, 0.5) is 8.78 Å². The van der Waals surface area contributed by atoms with Crippen LogP contribution in [0.1, 0.15) is 39.0 Å². The van der Waals surface area contributed by atoms with Gasteiger partial charge in [0, 0.05) is 38.1 Å². The average Bonchev–Trinajstić information content (AvgIpc) is 2.92. The normalized spacial score (nSPS) is 26.5. The highest BCUT2D eigenvalue weighted by atomic mass is 127. The van der Waals surface area contributed by atoms with E-state index in [0.29, 0.717) is 19.6 Å². The highest BCUT2D eigenvalue weighted by Crippen LogP contribution is 2.25. The van der Waals surface area contributed by atoms with Gasteiger partial charge in [-0.05, 0) is 32.6 Å². The van der Waals surface area contributed by atoms with Gasteiger partial charge in [-0.15, -0.1) is 24.0 Å². The molecule has 0 amide bonds. The first kappa shape index (κ1) is 21.8. The van der Waals surface area contributed by atoms with Crippen LogP contribution in [0.2, 0.25) is 0 Å². The SMILES string of the molecule is CCNC(=NCC1CCCC1O)NC1CCN(CC(F)F)CC1.I. The van der Waals surface area contributed by atoms with Gasteiger partial charge < -0.3 is 15.7 Å². The third-order valence-corrected chi connectivity index (χ3v) is 4.77. The highest BCUT2D eigenvalue weighted by molar-refractivity contribution is 14.0. The maximum absolute atomic E-state index is 12.4. The van der Waals surface area contributed by atoms with E-state index in [9.17, 15) is 13.9 Å². The third-order valence-electron chi connectivity index (χ3n) is 4.77. The molecule has 5 nitrogen and oxygen atoms in total. The summed E-state index contributed by atoms with van der Waals surface area (Å²) in [6.45, 7) is 4.71. The van der Waals surface area contributed by atoms with Crippen LogP contribution >= 0.6 is 24.0 Å². The smallest absolute Gasteiger partial charge is 0.251 e. The second-order valence-corrected chi connectivity index (χ2v) is 6.59. The van der Waals surface area contributed by atoms with Gasteiger partial charge in [0.2, 0.25) is 0 Å². The van der Waals surface area contributed by atoms with E-state index in [4.69, 9.17) is 0 Å². The Hall–Kier alpha value is -0.220. The molecule has 1 saturated carbocycles. The topological polar surface area (TPSA) is 59.9 Å². The number of aliphatic imine (C=N–C) groups is 1. The van der Waals surface area contributed by atoms with Crippen molar-refractivity contribution in [1.82, 2.24) is 15.5 Å². The molecule has 3 N–H and O–H groups in total. The molecule has 1 heterocycles. The second kappa shape index (κ2) is 11.4. The predicted molar refractivity (Wildman–Crippen MR) is 103 cm³/mol. The molecule has 2 unspecified atom stereocenters. The lowest BCUT2D eigenvalue weighted by molar-refractivity contribution is 0.0744. The van der Waals surface area contributed by atoms with Gasteiger partial charge in [-0.1, -0.05) is 6.42 Å². The van der Waals surface area contributed by atoms with E-state index < -0.39 is 6.43 Å². The molecule has 0 aromatic rings. The van der Waals surface area contributed by atoms with Crippen molar-refractivity contribution in [3.05, 3.63) is 0 Å². The Morgan fingerprint density at radius 1 is 1.25 bits per heavy atom. The lowest BCUT2D eigenvalue weighted by Gasteiger charge is -2.32. The van der Waals surface area contributed by atoms with Gasteiger partial charge in [-0.3, -0.25) is 9.89 Å². The summed E-state index contributed by atoms with van der Waals surface area (Å²) in [5.74, 6) is 1.04. The first-order valence-corrected chi connectivity index (χ1v) is 8.82. The molecule has 8 heteroatoms. The fourth-order valence-corrected chi connectivity index (χ4v) is 3.41. The molecule has 0 spiro atoms. The Morgan fingerprint density at radius 2 is 1.96 bits per heavy atom. The third kappa shape index (κ3) is 7.35. The van der Waals surface area contributed by atoms with E-state index in [1.54, 1.807) is 0 Å². The number of nitrogens with one attached hydrogen (secondary N) is 2. The second-order valence-electron chi connectivity index (χ2n) is 6.59. The first-order valence-electron chi connectivity index (χ1n) is 8.82. The molecule has 0 bridgehead atoms. The van der Waals surface area contributed by atoms with Gasteiger partial charge >= 0.3 is 0 Å². The predicted octanol–water partition coefficient (Wildman–Crippen LogP) is 2.05. The molecule has 1 aliphatic heterocycles. The summed E-state index contributed by atoms with van der Waals surface area (Å²) in [5.41, 5.74) is 0. The van der Waals surface area contributed by atoms with Gasteiger partial charge in [0.1, 0.15) is 0 Å². The van der Waals surface area contributed by atoms with Crippen LogP contribution < -0.4 is 10.6 Å². The quantitative estimate of drug-likeness (QED) is 0.323. The van der Waals surface area contributed by atoms with Crippen LogP contribution in [-0.4, -0.2) is 67.3 Å². The lowest BCUT2D eigenvalue weighted by Crippen LogP contribution is -2.49.